The van der Waals surface area contributed by atoms with Crippen molar-refractivity contribution in [1.82, 2.24) is 5.32 Å². The fourth-order valence-corrected chi connectivity index (χ4v) is 3.77. The number of hydrogen-bond acceptors (Lipinski definition) is 2. The number of nitrogens with one attached hydrogen (secondary N) is 1. The molecule has 0 saturated carbocycles. The first-order chi connectivity index (χ1) is 10.0. The first-order valence-corrected chi connectivity index (χ1v) is 8.90. The Morgan fingerprint density at radius 3 is 2.52 bits per heavy atom. The van der Waals surface area contributed by atoms with Gasteiger partial charge in [0.25, 0.3) is 0 Å². The summed E-state index contributed by atoms with van der Waals surface area (Å²) < 4.78 is 1.13. The Bertz CT molecular complexity index is 625. The van der Waals surface area contributed by atoms with Crippen LogP contribution in [0.3, 0.4) is 0 Å². The molecule has 0 heterocycles. The quantitative estimate of drug-likeness (QED) is 0.710. The topological polar surface area (TPSA) is 12.0 Å². The van der Waals surface area contributed by atoms with Gasteiger partial charge in [0.2, 0.25) is 0 Å². The van der Waals surface area contributed by atoms with Crippen LogP contribution in [0.5, 0.6) is 0 Å². The molecule has 21 heavy (non-hydrogen) atoms. The minimum Gasteiger partial charge on any atom is -0.310 e. The summed E-state index contributed by atoms with van der Waals surface area (Å²) in [7, 11) is 0. The lowest BCUT2D eigenvalue weighted by Crippen LogP contribution is -2.18. The Hall–Kier alpha value is -0.770. The number of halogens is 1. The zero-order valence-electron chi connectivity index (χ0n) is 13.0. The normalized spacial score (nSPS) is 12.4. The Labute approximate surface area is 140 Å². The lowest BCUT2D eigenvalue weighted by Gasteiger charge is -2.17. The lowest BCUT2D eigenvalue weighted by molar-refractivity contribution is 0.589. The maximum absolute atomic E-state index is 3.59. The van der Waals surface area contributed by atoms with E-state index in [-0.39, 0.29) is 0 Å². The molecule has 0 bridgehead atoms. The highest BCUT2D eigenvalue weighted by molar-refractivity contribution is 9.10. The van der Waals surface area contributed by atoms with Gasteiger partial charge in [-0.2, -0.15) is 0 Å². The van der Waals surface area contributed by atoms with Crippen molar-refractivity contribution in [2.75, 3.05) is 6.54 Å². The number of aryl methyl sites for hydroxylation is 2. The van der Waals surface area contributed by atoms with E-state index in [1.54, 1.807) is 0 Å². The molecule has 0 saturated heterocycles. The van der Waals surface area contributed by atoms with Gasteiger partial charge in [0.1, 0.15) is 0 Å². The molecule has 2 aromatic carbocycles. The highest BCUT2D eigenvalue weighted by atomic mass is 79.9. The summed E-state index contributed by atoms with van der Waals surface area (Å²) >= 11 is 5.42. The van der Waals surface area contributed by atoms with Crippen LogP contribution in [0.4, 0.5) is 0 Å². The highest BCUT2D eigenvalue weighted by Gasteiger charge is 2.12. The van der Waals surface area contributed by atoms with Gasteiger partial charge in [-0.3, -0.25) is 0 Å². The monoisotopic (exact) mass is 363 g/mol. The van der Waals surface area contributed by atoms with E-state index in [9.17, 15) is 0 Å². The lowest BCUT2D eigenvalue weighted by atomic mass is 10.1. The fourth-order valence-electron chi connectivity index (χ4n) is 2.27. The third-order valence-electron chi connectivity index (χ3n) is 3.65. The van der Waals surface area contributed by atoms with Crippen LogP contribution in [0.2, 0.25) is 0 Å². The zero-order valence-corrected chi connectivity index (χ0v) is 15.4. The molecule has 2 rings (SSSR count). The van der Waals surface area contributed by atoms with Crippen LogP contribution in [-0.2, 0) is 0 Å². The van der Waals surface area contributed by atoms with Gasteiger partial charge in [0, 0.05) is 20.3 Å². The van der Waals surface area contributed by atoms with Crippen LogP contribution in [-0.4, -0.2) is 6.54 Å². The summed E-state index contributed by atoms with van der Waals surface area (Å²) in [5, 5.41) is 3.50. The molecule has 112 valence electrons. The van der Waals surface area contributed by atoms with Crippen molar-refractivity contribution < 1.29 is 0 Å². The van der Waals surface area contributed by atoms with Gasteiger partial charge in [0.05, 0.1) is 0 Å². The van der Waals surface area contributed by atoms with Crippen molar-refractivity contribution >= 4 is 27.7 Å². The largest absolute Gasteiger partial charge is 0.310 e. The van der Waals surface area contributed by atoms with Crippen LogP contribution >= 0.6 is 27.7 Å². The molecule has 0 amide bonds. The second-order valence-electron chi connectivity index (χ2n) is 5.31. The average molecular weight is 364 g/mol. The van der Waals surface area contributed by atoms with Gasteiger partial charge < -0.3 is 5.32 Å². The molecule has 0 aliphatic carbocycles. The number of rotatable bonds is 5. The Morgan fingerprint density at radius 2 is 1.86 bits per heavy atom. The van der Waals surface area contributed by atoms with E-state index in [0.717, 1.165) is 11.0 Å². The van der Waals surface area contributed by atoms with Crippen molar-refractivity contribution in [3.63, 3.8) is 0 Å². The third kappa shape index (κ3) is 4.35. The van der Waals surface area contributed by atoms with Crippen molar-refractivity contribution in [1.29, 1.82) is 0 Å². The molecule has 1 N–H and O–H groups in total. The van der Waals surface area contributed by atoms with Crippen LogP contribution in [0.25, 0.3) is 0 Å². The number of hydrogen-bond donors (Lipinski definition) is 1. The molecular formula is C18H22BrNS. The Kier molecular flexibility index (Phi) is 5.91. The summed E-state index contributed by atoms with van der Waals surface area (Å²) in [6.07, 6.45) is 0. The Balaban J connectivity index is 2.32. The first kappa shape index (κ1) is 16.6. The standard InChI is InChI=1S/C18H22BrNS/c1-5-20-14(4)17-11-15(19)7-9-18(17)21-16-8-6-12(2)13(3)10-16/h6-11,14,20H,5H2,1-4H3. The van der Waals surface area contributed by atoms with Gasteiger partial charge in [-0.15, -0.1) is 0 Å². The van der Waals surface area contributed by atoms with Crippen molar-refractivity contribution in [3.8, 4) is 0 Å². The summed E-state index contributed by atoms with van der Waals surface area (Å²) in [6, 6.07) is 13.6. The highest BCUT2D eigenvalue weighted by Crippen LogP contribution is 2.35. The third-order valence-corrected chi connectivity index (χ3v) is 5.23. The van der Waals surface area contributed by atoms with Crippen molar-refractivity contribution in [2.45, 2.75) is 43.5 Å². The van der Waals surface area contributed by atoms with E-state index in [0.29, 0.717) is 6.04 Å². The summed E-state index contributed by atoms with van der Waals surface area (Å²) in [5.41, 5.74) is 4.03. The SMILES string of the molecule is CCNC(C)c1cc(Br)ccc1Sc1ccc(C)c(C)c1. The van der Waals surface area contributed by atoms with Gasteiger partial charge in [-0.05, 0) is 74.3 Å². The average Bonchev–Trinajstić information content (AvgIpc) is 2.45. The molecule has 0 radical (unpaired) electrons. The molecular weight excluding hydrogens is 342 g/mol. The summed E-state index contributed by atoms with van der Waals surface area (Å²) in [6.45, 7) is 9.66. The maximum atomic E-state index is 3.59. The predicted octanol–water partition coefficient (Wildman–Crippen LogP) is 5.89. The fraction of sp³-hybridized carbons (Fsp3) is 0.333. The van der Waals surface area contributed by atoms with E-state index < -0.39 is 0 Å². The second kappa shape index (κ2) is 7.48. The zero-order chi connectivity index (χ0) is 15.4. The van der Waals surface area contributed by atoms with E-state index >= 15 is 0 Å². The van der Waals surface area contributed by atoms with E-state index in [4.69, 9.17) is 0 Å². The van der Waals surface area contributed by atoms with Crippen LogP contribution in [0.1, 0.15) is 36.6 Å². The summed E-state index contributed by atoms with van der Waals surface area (Å²) in [4.78, 5) is 2.61. The molecule has 0 fully saturated rings. The first-order valence-electron chi connectivity index (χ1n) is 7.29. The van der Waals surface area contributed by atoms with Crippen LogP contribution in [0, 0.1) is 13.8 Å². The molecule has 1 unspecified atom stereocenters. The molecule has 3 heteroatoms. The summed E-state index contributed by atoms with van der Waals surface area (Å²) in [5.74, 6) is 0. The van der Waals surface area contributed by atoms with Gasteiger partial charge in [-0.1, -0.05) is 40.7 Å². The predicted molar refractivity (Wildman–Crippen MR) is 96.3 cm³/mol. The minimum absolute atomic E-state index is 0.349. The minimum atomic E-state index is 0.349. The van der Waals surface area contributed by atoms with Gasteiger partial charge in [0.15, 0.2) is 0 Å². The smallest absolute Gasteiger partial charge is 0.0303 e. The number of benzene rings is 2. The molecule has 1 nitrogen and oxygen atoms in total. The van der Waals surface area contributed by atoms with E-state index in [1.807, 2.05) is 11.8 Å². The molecule has 0 aliphatic rings. The van der Waals surface area contributed by atoms with Gasteiger partial charge >= 0.3 is 0 Å². The molecule has 0 aromatic heterocycles. The molecule has 0 spiro atoms. The molecule has 2 aromatic rings. The molecule has 0 aliphatic heterocycles. The van der Waals surface area contributed by atoms with Crippen LogP contribution in [0.15, 0.2) is 50.7 Å². The Morgan fingerprint density at radius 1 is 1.10 bits per heavy atom. The van der Waals surface area contributed by atoms with Crippen molar-refractivity contribution in [3.05, 3.63) is 57.6 Å². The molecule has 1 atom stereocenters. The van der Waals surface area contributed by atoms with Gasteiger partial charge in [-0.25, -0.2) is 0 Å². The van der Waals surface area contributed by atoms with E-state index in [1.165, 1.54) is 26.5 Å². The van der Waals surface area contributed by atoms with E-state index in [2.05, 4.69) is 85.3 Å². The maximum Gasteiger partial charge on any atom is 0.0303 e. The van der Waals surface area contributed by atoms with Crippen molar-refractivity contribution in [2.24, 2.45) is 0 Å². The second-order valence-corrected chi connectivity index (χ2v) is 7.34. The van der Waals surface area contributed by atoms with Crippen LogP contribution < -0.4 is 5.32 Å².